The highest BCUT2D eigenvalue weighted by molar-refractivity contribution is 6.27. The number of rotatable bonds is 12. The largest absolute Gasteiger partial charge is 0.264 e. The molecule has 0 aliphatic rings. The molecule has 0 atom stereocenters. The maximum Gasteiger partial charge on any atom is 0.160 e. The van der Waals surface area contributed by atoms with Crippen LogP contribution in [0.15, 0.2) is 413 Å². The van der Waals surface area contributed by atoms with E-state index in [1.165, 1.54) is 92.1 Å². The van der Waals surface area contributed by atoms with Crippen molar-refractivity contribution >= 4 is 75.4 Å². The molecule has 522 valence electrons. The Morgan fingerprint density at radius 3 is 0.839 bits per heavy atom. The van der Waals surface area contributed by atoms with Crippen LogP contribution >= 0.6 is 0 Å². The molecule has 0 N–H and O–H groups in total. The second-order valence-electron chi connectivity index (χ2n) is 28.5. The van der Waals surface area contributed by atoms with E-state index >= 15 is 0 Å². The molecule has 0 unspecified atom stereocenters. The van der Waals surface area contributed by atoms with Crippen molar-refractivity contribution in [2.24, 2.45) is 0 Å². The molecule has 0 spiro atoms. The van der Waals surface area contributed by atoms with E-state index in [0.29, 0.717) is 11.6 Å². The average Bonchev–Trinajstić information content (AvgIpc) is 0.746. The third-order valence-electron chi connectivity index (χ3n) is 21.7. The van der Waals surface area contributed by atoms with Crippen molar-refractivity contribution < 1.29 is 0 Å². The van der Waals surface area contributed by atoms with E-state index in [0.717, 1.165) is 106 Å². The van der Waals surface area contributed by atoms with E-state index in [2.05, 4.69) is 380 Å². The first-order chi connectivity index (χ1) is 55.5. The second-order valence-corrected chi connectivity index (χ2v) is 28.5. The second kappa shape index (κ2) is 29.0. The molecule has 0 amide bonds. The number of pyridine rings is 2. The minimum atomic E-state index is 0.677. The SMILES string of the molecule is c1ccc(-c2cccc(-c3cc(-c4cccc(-c5cccnc5)c4)nc(-c4cccc(-c5ccc6c7ccccc7c7ccccc7c6c5)c4)n3)c2)cc1.c1cncc(-c2cccc(-c3cc(-c4ccc(-c5cccc6ccccc56)cc4)nc(-c4cccc(-c5ccc6c7ccccc7c7ccccc7c6c5)c4)n3)c2)c1. The monoisotopic (exact) mass is 1420 g/mol. The average molecular weight is 1430 g/mol. The van der Waals surface area contributed by atoms with Crippen molar-refractivity contribution in [1.82, 2.24) is 29.9 Å². The fourth-order valence-electron chi connectivity index (χ4n) is 16.2. The van der Waals surface area contributed by atoms with Gasteiger partial charge in [-0.15, -0.1) is 0 Å². The van der Waals surface area contributed by atoms with Crippen molar-refractivity contribution in [3.63, 3.8) is 0 Å². The molecule has 6 heteroatoms. The third kappa shape index (κ3) is 12.8. The van der Waals surface area contributed by atoms with Gasteiger partial charge in [0.15, 0.2) is 11.6 Å². The fourth-order valence-corrected chi connectivity index (χ4v) is 16.2. The van der Waals surface area contributed by atoms with E-state index < -0.39 is 0 Å². The van der Waals surface area contributed by atoms with Gasteiger partial charge in [-0.25, -0.2) is 19.9 Å². The summed E-state index contributed by atoms with van der Waals surface area (Å²) < 4.78 is 0. The summed E-state index contributed by atoms with van der Waals surface area (Å²) in [6, 6.07) is 138. The predicted octanol–water partition coefficient (Wildman–Crippen LogP) is 27.8. The lowest BCUT2D eigenvalue weighted by atomic mass is 9.92. The quantitative estimate of drug-likeness (QED) is 0.113. The smallest absolute Gasteiger partial charge is 0.160 e. The zero-order valence-electron chi connectivity index (χ0n) is 60.9. The minimum absolute atomic E-state index is 0.677. The van der Waals surface area contributed by atoms with Crippen LogP contribution in [0.1, 0.15) is 0 Å². The van der Waals surface area contributed by atoms with E-state index in [1.807, 2.05) is 30.6 Å². The van der Waals surface area contributed by atoms with Gasteiger partial charge in [0.05, 0.1) is 22.8 Å². The first-order valence-electron chi connectivity index (χ1n) is 37.9. The fraction of sp³-hybridized carbons (Fsp3) is 0. The first kappa shape index (κ1) is 66.5. The Balaban J connectivity index is 0.000000146. The summed E-state index contributed by atoms with van der Waals surface area (Å²) in [4.78, 5) is 29.8. The van der Waals surface area contributed by atoms with E-state index in [-0.39, 0.29) is 0 Å². The normalized spacial score (nSPS) is 11.4. The Morgan fingerprint density at radius 1 is 0.143 bits per heavy atom. The lowest BCUT2D eigenvalue weighted by Crippen LogP contribution is -1.96. The number of nitrogens with zero attached hydrogens (tertiary/aromatic N) is 6. The zero-order chi connectivity index (χ0) is 74.3. The Labute approximate surface area is 648 Å². The van der Waals surface area contributed by atoms with Crippen LogP contribution in [-0.2, 0) is 0 Å². The van der Waals surface area contributed by atoms with Gasteiger partial charge in [-0.3, -0.25) is 9.97 Å². The Kier molecular flexibility index (Phi) is 17.2. The van der Waals surface area contributed by atoms with Gasteiger partial charge in [0.1, 0.15) is 0 Å². The van der Waals surface area contributed by atoms with Gasteiger partial charge < -0.3 is 0 Å². The summed E-state index contributed by atoms with van der Waals surface area (Å²) in [7, 11) is 0. The van der Waals surface area contributed by atoms with Gasteiger partial charge in [0.2, 0.25) is 0 Å². The molecule has 0 saturated heterocycles. The Morgan fingerprint density at radius 2 is 0.420 bits per heavy atom. The molecule has 0 aliphatic heterocycles. The van der Waals surface area contributed by atoms with Crippen LogP contribution in [0.25, 0.3) is 210 Å². The molecule has 0 radical (unpaired) electrons. The summed E-state index contributed by atoms with van der Waals surface area (Å²) in [6.07, 6.45) is 7.40. The van der Waals surface area contributed by atoms with E-state index in [9.17, 15) is 0 Å². The summed E-state index contributed by atoms with van der Waals surface area (Å²) >= 11 is 0. The number of hydrogen-bond acceptors (Lipinski definition) is 6. The highest BCUT2D eigenvalue weighted by Crippen LogP contribution is 2.42. The summed E-state index contributed by atoms with van der Waals surface area (Å²) in [5.41, 5.74) is 23.0. The van der Waals surface area contributed by atoms with E-state index in [4.69, 9.17) is 19.9 Å². The zero-order valence-corrected chi connectivity index (χ0v) is 60.9. The van der Waals surface area contributed by atoms with Crippen molar-refractivity contribution in [2.75, 3.05) is 0 Å². The molecular formula is C106H68N6. The van der Waals surface area contributed by atoms with Gasteiger partial charge in [-0.1, -0.05) is 322 Å². The van der Waals surface area contributed by atoms with Crippen LogP contribution < -0.4 is 0 Å². The molecule has 17 aromatic carbocycles. The van der Waals surface area contributed by atoms with Crippen LogP contribution in [0, 0.1) is 0 Å². The lowest BCUT2D eigenvalue weighted by Gasteiger charge is -2.13. The van der Waals surface area contributed by atoms with Crippen molar-refractivity contribution in [3.05, 3.63) is 413 Å². The predicted molar refractivity (Wildman–Crippen MR) is 467 cm³/mol. The van der Waals surface area contributed by atoms with Gasteiger partial charge in [-0.2, -0.15) is 0 Å². The summed E-state index contributed by atoms with van der Waals surface area (Å²) in [6.45, 7) is 0. The highest BCUT2D eigenvalue weighted by Gasteiger charge is 2.19. The Bertz CT molecular complexity index is 7010. The maximum atomic E-state index is 5.27. The topological polar surface area (TPSA) is 77.3 Å². The van der Waals surface area contributed by atoms with Crippen molar-refractivity contribution in [2.45, 2.75) is 0 Å². The standard InChI is InChI=1S/C55H35N3.C51H33N3/c1-2-18-45-36(11-1)12-9-23-46(45)37-24-26-38(27-25-37)53-34-54(42-15-7-14-40(31-42)44-17-10-30-56-35-44)58-55(57-53)43-16-8-13-39(32-43)41-28-29-51-49-21-4-3-19-47(49)48-20-5-6-22-50(48)52(51)33-41;1-2-12-34(13-3-1)35-14-8-17-39(28-35)49-32-50(40-18-9-16-37(29-40)42-20-11-27-52-33-42)54-51(53-49)41-19-10-15-36(30-41)38-25-26-47-45-23-5-4-21-43(45)44-22-6-7-24-46(44)48(47)31-38/h1-35H;1-33H. The van der Waals surface area contributed by atoms with Crippen LogP contribution in [0.2, 0.25) is 0 Å². The minimum Gasteiger partial charge on any atom is -0.264 e. The van der Waals surface area contributed by atoms with Crippen LogP contribution in [0.3, 0.4) is 0 Å². The molecule has 0 saturated carbocycles. The number of hydrogen-bond donors (Lipinski definition) is 0. The molecule has 21 rings (SSSR count). The molecule has 4 heterocycles. The molecule has 4 aromatic heterocycles. The molecule has 112 heavy (non-hydrogen) atoms. The molecule has 0 fully saturated rings. The maximum absolute atomic E-state index is 5.27. The van der Waals surface area contributed by atoms with E-state index in [1.54, 1.807) is 12.4 Å². The van der Waals surface area contributed by atoms with Gasteiger partial charge in [-0.05, 0) is 198 Å². The van der Waals surface area contributed by atoms with Crippen LogP contribution in [0.5, 0.6) is 0 Å². The number of aromatic nitrogens is 6. The summed E-state index contributed by atoms with van der Waals surface area (Å²) in [5, 5.41) is 17.7. The van der Waals surface area contributed by atoms with Crippen molar-refractivity contribution in [3.8, 4) is 135 Å². The first-order valence-corrected chi connectivity index (χ1v) is 37.9. The van der Waals surface area contributed by atoms with Gasteiger partial charge in [0.25, 0.3) is 0 Å². The van der Waals surface area contributed by atoms with Crippen molar-refractivity contribution in [1.29, 1.82) is 0 Å². The highest BCUT2D eigenvalue weighted by atomic mass is 14.9. The molecule has 0 bridgehead atoms. The number of fused-ring (bicyclic) bond motifs is 13. The molecule has 6 nitrogen and oxygen atoms in total. The molecule has 21 aromatic rings. The molecular weight excluding hydrogens is 1360 g/mol. The van der Waals surface area contributed by atoms with Gasteiger partial charge in [0, 0.05) is 69.3 Å². The Hall–Kier alpha value is -15.0. The molecule has 0 aliphatic carbocycles. The summed E-state index contributed by atoms with van der Waals surface area (Å²) in [5.74, 6) is 1.36. The third-order valence-corrected chi connectivity index (χ3v) is 21.7. The number of benzene rings is 17. The van der Waals surface area contributed by atoms with Gasteiger partial charge >= 0.3 is 0 Å². The van der Waals surface area contributed by atoms with Crippen LogP contribution in [0.4, 0.5) is 0 Å². The lowest BCUT2D eigenvalue weighted by molar-refractivity contribution is 1.18. The van der Waals surface area contributed by atoms with Crippen LogP contribution in [-0.4, -0.2) is 29.9 Å².